The fourth-order valence-corrected chi connectivity index (χ4v) is 15.4. The number of aromatic nitrogens is 7. The highest BCUT2D eigenvalue weighted by Gasteiger charge is 2.45. The van der Waals surface area contributed by atoms with Gasteiger partial charge in [0.1, 0.15) is 0 Å². The van der Waals surface area contributed by atoms with E-state index in [-0.39, 0.29) is 28.4 Å². The van der Waals surface area contributed by atoms with Crippen molar-refractivity contribution < 1.29 is 0 Å². The van der Waals surface area contributed by atoms with Crippen molar-refractivity contribution in [1.29, 1.82) is 10.5 Å². The second-order valence-electron chi connectivity index (χ2n) is 32.7. The monoisotopic (exact) mass is 1400 g/mol. The lowest BCUT2D eigenvalue weighted by atomic mass is 9.33. The molecule has 2 aliphatic rings. The van der Waals surface area contributed by atoms with Crippen LogP contribution in [0.25, 0.3) is 107 Å². The van der Waals surface area contributed by atoms with E-state index in [4.69, 9.17) is 29.9 Å². The highest BCUT2D eigenvalue weighted by atomic mass is 15.2. The molecule has 522 valence electrons. The minimum atomic E-state index is -0.371. The van der Waals surface area contributed by atoms with E-state index >= 15 is 0 Å². The number of nitriles is 2. The molecule has 0 atom stereocenters. The lowest BCUT2D eigenvalue weighted by molar-refractivity contribution is 0.568. The van der Waals surface area contributed by atoms with E-state index in [1.54, 1.807) is 0 Å². The number of hydrogen-bond acceptors (Lipinski definition) is 10. The van der Waals surface area contributed by atoms with Gasteiger partial charge >= 0.3 is 0 Å². The molecule has 0 saturated carbocycles. The first-order valence-electron chi connectivity index (χ1n) is 37.1. The molecule has 108 heavy (non-hydrogen) atoms. The number of benzene rings is 12. The molecule has 0 radical (unpaired) electrons. The summed E-state index contributed by atoms with van der Waals surface area (Å²) in [5.74, 6) is 3.14. The van der Waals surface area contributed by atoms with Gasteiger partial charge in [-0.15, -0.1) is 0 Å². The topological polar surface area (TPSA) is 136 Å². The largest absolute Gasteiger partial charge is 0.311 e. The summed E-state index contributed by atoms with van der Waals surface area (Å²) < 4.78 is 2.35. The molecule has 11 nitrogen and oxygen atoms in total. The van der Waals surface area contributed by atoms with Crippen molar-refractivity contribution in [3.63, 3.8) is 0 Å². The van der Waals surface area contributed by atoms with Gasteiger partial charge in [0.05, 0.1) is 40.0 Å². The van der Waals surface area contributed by atoms with Gasteiger partial charge in [0.2, 0.25) is 0 Å². The van der Waals surface area contributed by atoms with Crippen LogP contribution >= 0.6 is 0 Å². The predicted molar refractivity (Wildman–Crippen MR) is 444 cm³/mol. The zero-order chi connectivity index (χ0) is 74.7. The van der Waals surface area contributed by atoms with Crippen molar-refractivity contribution in [3.05, 3.63) is 300 Å². The maximum Gasteiger partial charge on any atom is 0.252 e. The summed E-state index contributed by atoms with van der Waals surface area (Å²) in [5, 5.41) is 23.9. The standard InChI is InChI=1S/C96H80BN11/c1-93(2,3)68-51-69(94(4,5)6)54-72(53-68)106-82-41-37-59(57-98)45-77(82)97-78-46-60(58-99)38-42-83(78)107(73-55-70(95(7,8)9)52-71(56-73)96(10,11)12)85-50-67(49-84(106)86(85)97)65-39-43-80-75(47-65)74-35-25-26-36-79(74)108(80)81-44-40-66(91-102-87(61-27-17-13-18-28-61)100-88(103-91)62-29-19-14-20-30-62)48-76(81)92-104-89(63-31-21-15-22-32-63)101-90(105-92)64-33-23-16-24-34-64/h13-56H,1-12H3. The lowest BCUT2D eigenvalue weighted by Crippen LogP contribution is -2.61. The van der Waals surface area contributed by atoms with Gasteiger partial charge in [0, 0.05) is 78.3 Å². The molecule has 0 N–H and O–H groups in total. The molecule has 0 unspecified atom stereocenters. The molecule has 0 bridgehead atoms. The average Bonchev–Trinajstić information content (AvgIpc) is 0.773. The van der Waals surface area contributed by atoms with E-state index in [0.29, 0.717) is 46.1 Å². The molecule has 5 heterocycles. The van der Waals surface area contributed by atoms with Gasteiger partial charge in [-0.05, 0) is 181 Å². The van der Waals surface area contributed by atoms with E-state index < -0.39 is 0 Å². The van der Waals surface area contributed by atoms with Crippen LogP contribution in [0.2, 0.25) is 0 Å². The van der Waals surface area contributed by atoms with Crippen LogP contribution in [-0.4, -0.2) is 41.2 Å². The van der Waals surface area contributed by atoms with Gasteiger partial charge in [-0.3, -0.25) is 0 Å². The lowest BCUT2D eigenvalue weighted by Gasteiger charge is -2.45. The summed E-state index contributed by atoms with van der Waals surface area (Å²) in [4.78, 5) is 36.6. The maximum absolute atomic E-state index is 10.9. The summed E-state index contributed by atoms with van der Waals surface area (Å²) in [6.45, 7) is 27.1. The van der Waals surface area contributed by atoms with Gasteiger partial charge in [0.15, 0.2) is 34.9 Å². The summed E-state index contributed by atoms with van der Waals surface area (Å²) >= 11 is 0. The Morgan fingerprint density at radius 3 is 1.06 bits per heavy atom. The minimum Gasteiger partial charge on any atom is -0.311 e. The molecule has 12 heteroatoms. The molecular formula is C96H80BN11. The van der Waals surface area contributed by atoms with E-state index in [1.807, 2.05) is 133 Å². The first kappa shape index (κ1) is 68.2. The maximum atomic E-state index is 10.9. The zero-order valence-corrected chi connectivity index (χ0v) is 62.9. The van der Waals surface area contributed by atoms with Crippen molar-refractivity contribution in [2.75, 3.05) is 9.80 Å². The summed E-state index contributed by atoms with van der Waals surface area (Å²) in [6, 6.07) is 98.8. The van der Waals surface area contributed by atoms with E-state index in [2.05, 4.69) is 243 Å². The van der Waals surface area contributed by atoms with Gasteiger partial charge in [-0.1, -0.05) is 241 Å². The molecule has 3 aromatic heterocycles. The Bertz CT molecular complexity index is 5860. The SMILES string of the molecule is CC(C)(C)c1cc(N2c3ccc(C#N)cc3B3c4cc(C#N)ccc4N(c4cc(C(C)(C)C)cc(C(C)(C)C)c4)c4cc(-c5ccc6c(c5)c5ccccc5n6-c5ccc(-c6nc(-c7ccccc7)nc(-c7ccccc7)n6)cc5-c5nc(-c6ccccc6)nc(-c6ccccc6)n5)cc2c43)cc(C(C)(C)C)c1. The Morgan fingerprint density at radius 1 is 0.287 bits per heavy atom. The van der Waals surface area contributed by atoms with Gasteiger partial charge < -0.3 is 14.4 Å². The Hall–Kier alpha value is -12.9. The van der Waals surface area contributed by atoms with Crippen molar-refractivity contribution >= 4 is 79.0 Å². The Balaban J connectivity index is 0.943. The highest BCUT2D eigenvalue weighted by Crippen LogP contribution is 2.50. The minimum absolute atomic E-state index is 0.207. The number of fused-ring (bicyclic) bond motifs is 7. The molecule has 17 rings (SSSR count). The smallest absolute Gasteiger partial charge is 0.252 e. The Labute approximate surface area is 632 Å². The predicted octanol–water partition coefficient (Wildman–Crippen LogP) is 21.8. The van der Waals surface area contributed by atoms with Gasteiger partial charge in [0.25, 0.3) is 6.71 Å². The molecular weight excluding hydrogens is 1320 g/mol. The van der Waals surface area contributed by atoms with E-state index in [0.717, 1.165) is 123 Å². The molecule has 0 fully saturated rings. The second-order valence-corrected chi connectivity index (χ2v) is 32.7. The molecule has 2 aliphatic heterocycles. The first-order chi connectivity index (χ1) is 51.9. The third-order valence-corrected chi connectivity index (χ3v) is 21.3. The third kappa shape index (κ3) is 12.2. The fourth-order valence-electron chi connectivity index (χ4n) is 15.4. The Kier molecular flexibility index (Phi) is 16.4. The van der Waals surface area contributed by atoms with Gasteiger partial charge in [-0.25, -0.2) is 29.9 Å². The van der Waals surface area contributed by atoms with Crippen LogP contribution < -0.4 is 26.2 Å². The first-order valence-corrected chi connectivity index (χ1v) is 37.1. The van der Waals surface area contributed by atoms with Gasteiger partial charge in [-0.2, -0.15) is 10.5 Å². The molecule has 0 saturated heterocycles. The van der Waals surface area contributed by atoms with Crippen LogP contribution in [0.1, 0.15) is 116 Å². The summed E-state index contributed by atoms with van der Waals surface area (Å²) in [6.07, 6.45) is 0. The van der Waals surface area contributed by atoms with Crippen LogP contribution in [-0.2, 0) is 21.7 Å². The zero-order valence-electron chi connectivity index (χ0n) is 62.9. The number of para-hydroxylation sites is 1. The molecule has 0 spiro atoms. The van der Waals surface area contributed by atoms with Crippen LogP contribution in [0.4, 0.5) is 34.1 Å². The van der Waals surface area contributed by atoms with Crippen LogP contribution in [0.5, 0.6) is 0 Å². The number of anilines is 6. The van der Waals surface area contributed by atoms with E-state index in [9.17, 15) is 10.5 Å². The molecule has 0 aliphatic carbocycles. The second kappa shape index (κ2) is 26.0. The quantitative estimate of drug-likeness (QED) is 0.122. The molecule has 15 aromatic rings. The van der Waals surface area contributed by atoms with Crippen molar-refractivity contribution in [2.45, 2.75) is 105 Å². The summed E-state index contributed by atoms with van der Waals surface area (Å²) in [5.41, 5.74) is 24.0. The number of nitrogens with zero attached hydrogens (tertiary/aromatic N) is 11. The van der Waals surface area contributed by atoms with Crippen LogP contribution in [0.3, 0.4) is 0 Å². The molecule has 12 aromatic carbocycles. The normalized spacial score (nSPS) is 12.7. The van der Waals surface area contributed by atoms with Crippen molar-refractivity contribution in [3.8, 4) is 97.3 Å². The van der Waals surface area contributed by atoms with Crippen molar-refractivity contribution in [1.82, 2.24) is 34.5 Å². The molecule has 0 amide bonds. The Morgan fingerprint density at radius 2 is 0.648 bits per heavy atom. The fraction of sp³-hybridized carbons (Fsp3) is 0.167. The van der Waals surface area contributed by atoms with E-state index in [1.165, 1.54) is 22.3 Å². The average molecular weight is 1400 g/mol. The summed E-state index contributed by atoms with van der Waals surface area (Å²) in [7, 11) is 0. The van der Waals surface area contributed by atoms with Crippen molar-refractivity contribution in [2.24, 2.45) is 0 Å². The third-order valence-electron chi connectivity index (χ3n) is 21.3. The van der Waals surface area contributed by atoms with Crippen LogP contribution in [0, 0.1) is 22.7 Å². The number of rotatable bonds is 10. The number of hydrogen-bond donors (Lipinski definition) is 0. The highest BCUT2D eigenvalue weighted by molar-refractivity contribution is 7.00. The van der Waals surface area contributed by atoms with Crippen LogP contribution in [0.15, 0.2) is 267 Å².